The zero-order valence-electron chi connectivity index (χ0n) is 15.0. The van der Waals surface area contributed by atoms with Crippen LogP contribution in [0.3, 0.4) is 0 Å². The van der Waals surface area contributed by atoms with E-state index < -0.39 is 0 Å². The van der Waals surface area contributed by atoms with Crippen LogP contribution in [0.5, 0.6) is 0 Å². The lowest BCUT2D eigenvalue weighted by Crippen LogP contribution is -2.48. The van der Waals surface area contributed by atoms with E-state index in [-0.39, 0.29) is 12.0 Å². The number of benzene rings is 1. The Morgan fingerprint density at radius 1 is 1.27 bits per heavy atom. The molecule has 0 spiro atoms. The third kappa shape index (κ3) is 3.57. The number of fused-ring (bicyclic) bond motifs is 1. The van der Waals surface area contributed by atoms with Crippen molar-refractivity contribution in [2.75, 3.05) is 38.2 Å². The van der Waals surface area contributed by atoms with E-state index in [4.69, 9.17) is 4.74 Å². The fraction of sp³-hybridized carbons (Fsp3) is 0.400. The van der Waals surface area contributed by atoms with Crippen molar-refractivity contribution in [2.24, 2.45) is 0 Å². The van der Waals surface area contributed by atoms with Crippen LogP contribution in [0.4, 0.5) is 5.69 Å². The topological polar surface area (TPSA) is 57.7 Å². The van der Waals surface area contributed by atoms with Crippen LogP contribution in [0.2, 0.25) is 0 Å². The molecule has 3 heterocycles. The highest BCUT2D eigenvalue weighted by Gasteiger charge is 2.38. The molecule has 4 rings (SSSR count). The summed E-state index contributed by atoms with van der Waals surface area (Å²) < 4.78 is 5.91. The number of nitrogens with one attached hydrogen (secondary N) is 1. The number of anilines is 1. The summed E-state index contributed by atoms with van der Waals surface area (Å²) in [6, 6.07) is 14.1. The number of carbonyl (C=O) groups excluding carboxylic acids is 1. The number of amides is 1. The molecule has 2 aromatic rings. The van der Waals surface area contributed by atoms with Crippen molar-refractivity contribution in [3.63, 3.8) is 0 Å². The molecule has 1 amide bonds. The van der Waals surface area contributed by atoms with E-state index in [9.17, 15) is 4.79 Å². The molecule has 0 bridgehead atoms. The van der Waals surface area contributed by atoms with Crippen molar-refractivity contribution < 1.29 is 9.53 Å². The van der Waals surface area contributed by atoms with Crippen molar-refractivity contribution in [2.45, 2.75) is 18.7 Å². The largest absolute Gasteiger partial charge is 0.373 e. The van der Waals surface area contributed by atoms with Gasteiger partial charge in [-0.1, -0.05) is 30.3 Å². The van der Waals surface area contributed by atoms with E-state index in [0.29, 0.717) is 18.3 Å². The molecule has 26 heavy (non-hydrogen) atoms. The number of hydrogen-bond donors (Lipinski definition) is 1. The summed E-state index contributed by atoms with van der Waals surface area (Å²) in [4.78, 5) is 21.4. The first-order valence-corrected chi connectivity index (χ1v) is 9.05. The predicted octanol–water partition coefficient (Wildman–Crippen LogP) is 1.53. The predicted molar refractivity (Wildman–Crippen MR) is 100 cm³/mol. The SMILES string of the molecule is CN1CCOC2CN(c3ccnc(C(=O)NCc4ccccc4)c3)CC21. The van der Waals surface area contributed by atoms with Gasteiger partial charge in [-0.25, -0.2) is 0 Å². The number of morpholine rings is 1. The van der Waals surface area contributed by atoms with E-state index in [1.165, 1.54) is 0 Å². The Balaban J connectivity index is 1.42. The third-order valence-electron chi connectivity index (χ3n) is 5.22. The lowest BCUT2D eigenvalue weighted by atomic mass is 10.1. The highest BCUT2D eigenvalue weighted by atomic mass is 16.5. The zero-order chi connectivity index (χ0) is 17.9. The normalized spacial score (nSPS) is 22.9. The van der Waals surface area contributed by atoms with Crippen molar-refractivity contribution in [1.29, 1.82) is 0 Å². The van der Waals surface area contributed by atoms with E-state index in [0.717, 1.165) is 37.5 Å². The lowest BCUT2D eigenvalue weighted by molar-refractivity contribution is -0.0362. The van der Waals surface area contributed by atoms with Crippen LogP contribution in [0.25, 0.3) is 0 Å². The summed E-state index contributed by atoms with van der Waals surface area (Å²) in [5, 5.41) is 2.94. The first-order valence-electron chi connectivity index (χ1n) is 9.05. The molecule has 2 aliphatic heterocycles. The summed E-state index contributed by atoms with van der Waals surface area (Å²) in [5.74, 6) is -0.152. The molecule has 1 aromatic carbocycles. The van der Waals surface area contributed by atoms with Crippen LogP contribution in [-0.4, -0.2) is 61.2 Å². The van der Waals surface area contributed by atoms with Crippen LogP contribution in [0.1, 0.15) is 16.1 Å². The van der Waals surface area contributed by atoms with Gasteiger partial charge in [0.25, 0.3) is 5.91 Å². The van der Waals surface area contributed by atoms with Crippen LogP contribution >= 0.6 is 0 Å². The maximum Gasteiger partial charge on any atom is 0.270 e. The van der Waals surface area contributed by atoms with Gasteiger partial charge in [0.15, 0.2) is 0 Å². The average Bonchev–Trinajstić information content (AvgIpc) is 3.13. The molecule has 0 radical (unpaired) electrons. The molecular weight excluding hydrogens is 328 g/mol. The Bertz CT molecular complexity index is 767. The molecule has 2 aliphatic rings. The Hall–Kier alpha value is -2.44. The molecule has 0 aliphatic carbocycles. The lowest BCUT2D eigenvalue weighted by Gasteiger charge is -2.33. The minimum absolute atomic E-state index is 0.152. The van der Waals surface area contributed by atoms with Gasteiger partial charge in [0.2, 0.25) is 0 Å². The van der Waals surface area contributed by atoms with Gasteiger partial charge >= 0.3 is 0 Å². The van der Waals surface area contributed by atoms with Gasteiger partial charge in [0.1, 0.15) is 5.69 Å². The van der Waals surface area contributed by atoms with Crippen LogP contribution in [-0.2, 0) is 11.3 Å². The van der Waals surface area contributed by atoms with E-state index >= 15 is 0 Å². The number of pyridine rings is 1. The molecule has 1 N–H and O–H groups in total. The second kappa shape index (κ2) is 7.43. The minimum Gasteiger partial charge on any atom is -0.373 e. The summed E-state index contributed by atoms with van der Waals surface area (Å²) in [7, 11) is 2.15. The van der Waals surface area contributed by atoms with Crippen LogP contribution in [0, 0.1) is 0 Å². The van der Waals surface area contributed by atoms with Crippen molar-refractivity contribution >= 4 is 11.6 Å². The Kier molecular flexibility index (Phi) is 4.86. The van der Waals surface area contributed by atoms with E-state index in [1.54, 1.807) is 6.20 Å². The molecule has 2 unspecified atom stereocenters. The quantitative estimate of drug-likeness (QED) is 0.904. The standard InChI is InChI=1S/C20H24N4O2/c1-23-9-10-26-19-14-24(13-18(19)23)16-7-8-21-17(11-16)20(25)22-12-15-5-3-2-4-6-15/h2-8,11,18-19H,9-10,12-14H2,1H3,(H,22,25). The third-order valence-corrected chi connectivity index (χ3v) is 5.22. The molecule has 2 fully saturated rings. The van der Waals surface area contributed by atoms with Gasteiger partial charge < -0.3 is 15.0 Å². The number of likely N-dealkylation sites (N-methyl/N-ethyl adjacent to an activating group) is 1. The smallest absolute Gasteiger partial charge is 0.270 e. The van der Waals surface area contributed by atoms with Gasteiger partial charge in [0, 0.05) is 38.1 Å². The first-order chi connectivity index (χ1) is 12.7. The van der Waals surface area contributed by atoms with Crippen molar-refractivity contribution in [1.82, 2.24) is 15.2 Å². The average molecular weight is 352 g/mol. The van der Waals surface area contributed by atoms with E-state index in [1.807, 2.05) is 42.5 Å². The molecular formula is C20H24N4O2. The Labute approximate surface area is 153 Å². The van der Waals surface area contributed by atoms with E-state index in [2.05, 4.69) is 27.1 Å². The van der Waals surface area contributed by atoms with Gasteiger partial charge in [-0.15, -0.1) is 0 Å². The van der Waals surface area contributed by atoms with Crippen LogP contribution < -0.4 is 10.2 Å². The maximum absolute atomic E-state index is 12.5. The van der Waals surface area contributed by atoms with Gasteiger partial charge in [-0.05, 0) is 24.7 Å². The monoisotopic (exact) mass is 352 g/mol. The number of aromatic nitrogens is 1. The fourth-order valence-electron chi connectivity index (χ4n) is 3.68. The minimum atomic E-state index is -0.152. The number of ether oxygens (including phenoxy) is 1. The molecule has 6 heteroatoms. The van der Waals surface area contributed by atoms with Gasteiger partial charge in [0.05, 0.1) is 18.8 Å². The summed E-state index contributed by atoms with van der Waals surface area (Å²) >= 11 is 0. The van der Waals surface area contributed by atoms with Crippen molar-refractivity contribution in [3.8, 4) is 0 Å². The summed E-state index contributed by atoms with van der Waals surface area (Å²) in [5.41, 5.74) is 2.54. The fourth-order valence-corrected chi connectivity index (χ4v) is 3.68. The number of nitrogens with zero attached hydrogens (tertiary/aromatic N) is 3. The van der Waals surface area contributed by atoms with Gasteiger partial charge in [-0.3, -0.25) is 14.7 Å². The molecule has 6 nitrogen and oxygen atoms in total. The molecule has 136 valence electrons. The van der Waals surface area contributed by atoms with Crippen molar-refractivity contribution in [3.05, 3.63) is 59.9 Å². The number of carbonyl (C=O) groups is 1. The maximum atomic E-state index is 12.5. The second-order valence-electron chi connectivity index (χ2n) is 6.93. The molecule has 2 saturated heterocycles. The highest BCUT2D eigenvalue weighted by Crippen LogP contribution is 2.26. The van der Waals surface area contributed by atoms with Gasteiger partial charge in [-0.2, -0.15) is 0 Å². The Morgan fingerprint density at radius 2 is 2.12 bits per heavy atom. The zero-order valence-corrected chi connectivity index (χ0v) is 15.0. The number of rotatable bonds is 4. The number of hydrogen-bond acceptors (Lipinski definition) is 5. The second-order valence-corrected chi connectivity index (χ2v) is 6.93. The Morgan fingerprint density at radius 3 is 2.92 bits per heavy atom. The first kappa shape index (κ1) is 17.0. The molecule has 2 atom stereocenters. The summed E-state index contributed by atoms with van der Waals surface area (Å²) in [6.07, 6.45) is 1.94. The molecule has 0 saturated carbocycles. The molecule has 1 aromatic heterocycles. The van der Waals surface area contributed by atoms with Crippen LogP contribution in [0.15, 0.2) is 48.7 Å². The summed E-state index contributed by atoms with van der Waals surface area (Å²) in [6.45, 7) is 4.02. The highest BCUT2D eigenvalue weighted by molar-refractivity contribution is 5.93.